The summed E-state index contributed by atoms with van der Waals surface area (Å²) >= 11 is 13.8. The number of hydrogen-bond acceptors (Lipinski definition) is 2. The number of benzene rings is 1. The van der Waals surface area contributed by atoms with E-state index in [0.29, 0.717) is 18.9 Å². The fourth-order valence-electron chi connectivity index (χ4n) is 3.40. The number of ketones is 1. The van der Waals surface area contributed by atoms with Crippen LogP contribution < -0.4 is 18.0 Å². The molecule has 1 heterocycles. The Hall–Kier alpha value is 3.68. The van der Waals surface area contributed by atoms with Gasteiger partial charge in [-0.3, -0.25) is 10.0 Å². The summed E-state index contributed by atoms with van der Waals surface area (Å²) in [7, 11) is 0. The molecular weight excluding hydrogens is 1280 g/mol. The van der Waals surface area contributed by atoms with E-state index in [0.717, 1.165) is 45.4 Å². The van der Waals surface area contributed by atoms with Crippen molar-refractivity contribution >= 4 is 141 Å². The average Bonchev–Trinajstić information content (AvgIpc) is 2.81. The molecule has 0 saturated carbocycles. The predicted molar refractivity (Wildman–Crippen MR) is 180 cm³/mol. The van der Waals surface area contributed by atoms with E-state index >= 15 is 0 Å². The van der Waals surface area contributed by atoms with E-state index in [9.17, 15) is 10.0 Å². The molecule has 0 fully saturated rings. The van der Waals surface area contributed by atoms with Crippen LogP contribution in [-0.2, 0) is 12.8 Å². The van der Waals surface area contributed by atoms with Gasteiger partial charge in [0.05, 0.1) is 0 Å². The minimum absolute atomic E-state index is 0. The van der Waals surface area contributed by atoms with Gasteiger partial charge < -0.3 is 0 Å². The molecule has 3 nitrogen and oxygen atoms in total. The molecular formula is C18H21I8NO2. The summed E-state index contributed by atoms with van der Waals surface area (Å²) in [5, 5.41) is 10.2. The van der Waals surface area contributed by atoms with E-state index in [-0.39, 0.29) is 29.8 Å². The summed E-state index contributed by atoms with van der Waals surface area (Å²) in [4.78, 5) is 13.0. The number of hydrogen-bond donors (Lipinski definition) is 1. The van der Waals surface area contributed by atoms with Gasteiger partial charge in [-0.15, -0.1) is 24.0 Å². The van der Waals surface area contributed by atoms with Crippen molar-refractivity contribution in [2.75, 3.05) is 0 Å². The van der Waals surface area contributed by atoms with Crippen LogP contribution in [0.25, 0.3) is 0 Å². The van der Waals surface area contributed by atoms with E-state index in [1.54, 1.807) is 6.20 Å². The van der Waals surface area contributed by atoms with Gasteiger partial charge in [-0.2, -0.15) is 0 Å². The number of aryl methyl sites for hydroxylation is 4. The van der Waals surface area contributed by atoms with Gasteiger partial charge in [-0.1, -0.05) is 6.07 Å². The van der Waals surface area contributed by atoms with Crippen molar-refractivity contribution < 1.29 is 28.0 Å². The zero-order valence-electron chi connectivity index (χ0n) is 16.0. The van der Waals surface area contributed by atoms with Gasteiger partial charge in [0.2, 0.25) is 6.20 Å². The summed E-state index contributed by atoms with van der Waals surface area (Å²) in [5.74, 6) is -0.0689. The second-order valence-electron chi connectivity index (χ2n) is 6.11. The molecule has 0 saturated heterocycles. The van der Waals surface area contributed by atoms with Crippen molar-refractivity contribution in [1.82, 2.24) is 0 Å². The summed E-state index contributed by atoms with van der Waals surface area (Å²) in [6, 6.07) is 4.07. The van der Waals surface area contributed by atoms with Crippen molar-refractivity contribution in [3.63, 3.8) is 0 Å². The van der Waals surface area contributed by atoms with Gasteiger partial charge in [0, 0.05) is 95.9 Å². The molecule has 0 unspecified atom stereocenters. The monoisotopic (exact) mass is 1300 g/mol. The topological polar surface area (TPSA) is 41.2 Å². The Balaban J connectivity index is 0. The quantitative estimate of drug-likeness (QED) is 0.209. The standard InChI is InChI=1S/C18H20NO2.I3.2I2.HI/c1-10-7-14-5-6-15-13(4)11(2)8-12(3)16(15)18(20)17(14)19(21)9-10;1-3-2;2*1-2;/h7-9,21H,5-6H2,1-4H3;;;;1H/q+1;-1;;;. The summed E-state index contributed by atoms with van der Waals surface area (Å²) in [6.07, 6.45) is 3.21. The fraction of sp³-hybridized carbons (Fsp3) is 0.333. The van der Waals surface area contributed by atoms with Crippen LogP contribution in [0.3, 0.4) is 0 Å². The van der Waals surface area contributed by atoms with Gasteiger partial charge in [0.15, 0.2) is 0 Å². The van der Waals surface area contributed by atoms with Crippen LogP contribution in [0.1, 0.15) is 49.4 Å². The third kappa shape index (κ3) is 10.1. The molecule has 0 spiro atoms. The molecule has 3 rings (SSSR count). The van der Waals surface area contributed by atoms with Crippen LogP contribution in [-0.4, -0.2) is 11.0 Å². The first-order valence-corrected chi connectivity index (χ1v) is 33.0. The van der Waals surface area contributed by atoms with E-state index in [4.69, 9.17) is 0 Å². The Bertz CT molecular complexity index is 815. The summed E-state index contributed by atoms with van der Waals surface area (Å²) in [5.41, 5.74) is 7.60. The molecule has 0 amide bonds. The first-order valence-electron chi connectivity index (χ1n) is 7.86. The fourth-order valence-corrected chi connectivity index (χ4v) is 3.40. The SMILES string of the molecule is Cc1cc2c([n+](O)c1)C(=O)c1c(C)cc(C)c(C)c1CC2.I.II.II.I[I-]I. The first kappa shape index (κ1) is 34.8. The van der Waals surface area contributed by atoms with Crippen LogP contribution >= 0.6 is 136 Å². The molecule has 0 atom stereocenters. The number of carbonyl (C=O) groups is 1. The predicted octanol–water partition coefficient (Wildman–Crippen LogP) is 5.71. The molecule has 0 aliphatic heterocycles. The molecule has 1 aliphatic carbocycles. The normalized spacial score (nSPS) is 11.0. The number of nitrogens with zero attached hydrogens (tertiary/aromatic N) is 1. The maximum absolute atomic E-state index is 13.0. The third-order valence-corrected chi connectivity index (χ3v) is 4.52. The average molecular weight is 1300 g/mol. The van der Waals surface area contributed by atoms with E-state index < -0.39 is 0 Å². The van der Waals surface area contributed by atoms with E-state index in [2.05, 4.69) is 132 Å². The summed E-state index contributed by atoms with van der Waals surface area (Å²) in [6.45, 7) is 8.07. The molecule has 166 valence electrons. The molecule has 0 bridgehead atoms. The third-order valence-electron chi connectivity index (χ3n) is 4.52. The number of pyridine rings is 1. The number of rotatable bonds is 0. The van der Waals surface area contributed by atoms with Crippen molar-refractivity contribution in [3.05, 3.63) is 63.0 Å². The van der Waals surface area contributed by atoms with E-state index in [1.807, 2.05) is 19.9 Å². The Morgan fingerprint density at radius 2 is 1.48 bits per heavy atom. The van der Waals surface area contributed by atoms with Crippen molar-refractivity contribution in [2.24, 2.45) is 0 Å². The maximum atomic E-state index is 13.0. The number of fused-ring (bicyclic) bond motifs is 2. The van der Waals surface area contributed by atoms with Crippen molar-refractivity contribution in [1.29, 1.82) is 0 Å². The molecule has 0 radical (unpaired) electrons. The molecule has 2 aromatic rings. The van der Waals surface area contributed by atoms with Crippen LogP contribution in [0.2, 0.25) is 0 Å². The Morgan fingerprint density at radius 1 is 0.966 bits per heavy atom. The second kappa shape index (κ2) is 18.9. The number of halogens is 8. The molecule has 1 aromatic heterocycles. The van der Waals surface area contributed by atoms with Crippen LogP contribution in [0, 0.1) is 27.7 Å². The number of aromatic nitrogens is 1. The Morgan fingerprint density at radius 3 is 2.00 bits per heavy atom. The molecule has 1 aliphatic rings. The van der Waals surface area contributed by atoms with Gasteiger partial charge in [0.25, 0.3) is 5.78 Å². The van der Waals surface area contributed by atoms with Gasteiger partial charge >= 0.3 is 56.2 Å². The van der Waals surface area contributed by atoms with Crippen LogP contribution in [0.15, 0.2) is 18.3 Å². The second-order valence-corrected chi connectivity index (χ2v) is 22.4. The summed E-state index contributed by atoms with van der Waals surface area (Å²) < 4.78 is 0.997. The van der Waals surface area contributed by atoms with Crippen LogP contribution in [0.4, 0.5) is 0 Å². The first-order chi connectivity index (χ1) is 13.3. The van der Waals surface area contributed by atoms with E-state index in [1.165, 1.54) is 11.1 Å². The van der Waals surface area contributed by atoms with Gasteiger partial charge in [-0.25, -0.2) is 0 Å². The van der Waals surface area contributed by atoms with Crippen molar-refractivity contribution in [3.8, 4) is 0 Å². The van der Waals surface area contributed by atoms with Gasteiger partial charge in [0.1, 0.15) is 0 Å². The number of carbonyl (C=O) groups excluding carboxylic acids is 1. The molecule has 1 aromatic carbocycles. The van der Waals surface area contributed by atoms with Gasteiger partial charge in [-0.05, 0) is 68.9 Å². The Kier molecular flexibility index (Phi) is 22.8. The van der Waals surface area contributed by atoms with Crippen molar-refractivity contribution in [2.45, 2.75) is 40.5 Å². The zero-order valence-corrected chi connectivity index (χ0v) is 33.4. The minimum atomic E-state index is -0.0689. The Labute approximate surface area is 267 Å². The molecule has 29 heavy (non-hydrogen) atoms. The zero-order chi connectivity index (χ0) is 22.0. The van der Waals surface area contributed by atoms with Crippen LogP contribution in [0.5, 0.6) is 0 Å². The molecule has 1 N–H and O–H groups in total. The molecule has 11 heteroatoms.